The summed E-state index contributed by atoms with van der Waals surface area (Å²) in [5.41, 5.74) is 12.8. The summed E-state index contributed by atoms with van der Waals surface area (Å²) in [6, 6.07) is 4.79. The van der Waals surface area contributed by atoms with E-state index in [1.807, 2.05) is 0 Å². The van der Waals surface area contributed by atoms with Gasteiger partial charge in [-0.25, -0.2) is 9.97 Å². The lowest BCUT2D eigenvalue weighted by atomic mass is 10.1. The van der Waals surface area contributed by atoms with E-state index in [-0.39, 0.29) is 5.56 Å². The molecule has 1 aromatic heterocycles. The highest BCUT2D eigenvalue weighted by Crippen LogP contribution is 2.29. The first-order chi connectivity index (χ1) is 9.08. The van der Waals surface area contributed by atoms with Crippen LogP contribution in [0.3, 0.4) is 0 Å². The van der Waals surface area contributed by atoms with Crippen molar-refractivity contribution in [2.75, 3.05) is 11.1 Å². The van der Waals surface area contributed by atoms with Crippen molar-refractivity contribution < 1.29 is 4.79 Å². The quantitative estimate of drug-likeness (QED) is 0.733. The highest BCUT2D eigenvalue weighted by molar-refractivity contribution is 6.34. The number of carbonyl (C=O) groups excluding carboxylic acids is 1. The van der Waals surface area contributed by atoms with Crippen LogP contribution in [0.15, 0.2) is 30.7 Å². The van der Waals surface area contributed by atoms with Gasteiger partial charge in [-0.1, -0.05) is 11.6 Å². The van der Waals surface area contributed by atoms with Crippen LogP contribution in [0.1, 0.15) is 16.1 Å². The molecule has 0 aliphatic heterocycles. The smallest absolute Gasteiger partial charge is 0.250 e. The summed E-state index contributed by atoms with van der Waals surface area (Å²) in [6.45, 7) is 0.395. The number of nitrogen functional groups attached to an aromatic ring is 1. The average Bonchev–Trinajstić information content (AvgIpc) is 2.38. The maximum atomic E-state index is 11.4. The zero-order chi connectivity index (χ0) is 13.8. The van der Waals surface area contributed by atoms with Gasteiger partial charge in [-0.3, -0.25) is 4.79 Å². The summed E-state index contributed by atoms with van der Waals surface area (Å²) in [7, 11) is 0. The molecular formula is C12H12ClN5O. The van der Waals surface area contributed by atoms with Gasteiger partial charge in [0.15, 0.2) is 0 Å². The number of nitrogens with two attached hydrogens (primary N) is 2. The summed E-state index contributed by atoms with van der Waals surface area (Å²) in [6.07, 6.45) is 3.07. The van der Waals surface area contributed by atoms with Gasteiger partial charge in [-0.15, -0.1) is 0 Å². The third-order valence-electron chi connectivity index (χ3n) is 2.47. The third kappa shape index (κ3) is 3.11. The Hall–Kier alpha value is -2.34. The standard InChI is InChI=1S/C12H12ClN5O/c13-10-4-7(14)3-9(12(15)19)11(10)17-5-8-1-2-16-6-18-8/h1-4,6,17H,5,14H2,(H2,15,19). The number of rotatable bonds is 4. The Morgan fingerprint density at radius 2 is 2.21 bits per heavy atom. The molecule has 0 aliphatic carbocycles. The van der Waals surface area contributed by atoms with E-state index in [0.29, 0.717) is 22.9 Å². The molecule has 5 N–H and O–H groups in total. The van der Waals surface area contributed by atoms with Gasteiger partial charge in [-0.2, -0.15) is 0 Å². The monoisotopic (exact) mass is 277 g/mol. The minimum atomic E-state index is -0.598. The van der Waals surface area contributed by atoms with E-state index in [1.165, 1.54) is 12.4 Å². The minimum Gasteiger partial charge on any atom is -0.399 e. The lowest BCUT2D eigenvalue weighted by molar-refractivity contribution is 0.100. The van der Waals surface area contributed by atoms with Crippen molar-refractivity contribution in [2.45, 2.75) is 6.54 Å². The average molecular weight is 278 g/mol. The Labute approximate surface area is 114 Å². The summed E-state index contributed by atoms with van der Waals surface area (Å²) < 4.78 is 0. The molecule has 2 rings (SSSR count). The SMILES string of the molecule is NC(=O)c1cc(N)cc(Cl)c1NCc1ccncn1. The Balaban J connectivity index is 2.27. The lowest BCUT2D eigenvalue weighted by Crippen LogP contribution is -2.15. The number of amides is 1. The molecule has 0 saturated heterocycles. The Morgan fingerprint density at radius 3 is 2.84 bits per heavy atom. The molecule has 19 heavy (non-hydrogen) atoms. The van der Waals surface area contributed by atoms with E-state index in [1.54, 1.807) is 18.3 Å². The number of benzene rings is 1. The van der Waals surface area contributed by atoms with Crippen LogP contribution in [0, 0.1) is 0 Å². The second-order valence-corrected chi connectivity index (χ2v) is 4.25. The molecule has 0 fully saturated rings. The highest BCUT2D eigenvalue weighted by Gasteiger charge is 2.13. The molecule has 98 valence electrons. The van der Waals surface area contributed by atoms with Crippen molar-refractivity contribution in [1.29, 1.82) is 0 Å². The number of halogens is 1. The first-order valence-corrected chi connectivity index (χ1v) is 5.83. The van der Waals surface area contributed by atoms with Gasteiger partial charge in [0.05, 0.1) is 28.5 Å². The van der Waals surface area contributed by atoms with Gasteiger partial charge in [-0.05, 0) is 18.2 Å². The van der Waals surface area contributed by atoms with Crippen LogP contribution >= 0.6 is 11.6 Å². The molecule has 1 aromatic carbocycles. The summed E-state index contributed by atoms with van der Waals surface area (Å²) in [4.78, 5) is 19.3. The third-order valence-corrected chi connectivity index (χ3v) is 2.77. The molecule has 7 heteroatoms. The van der Waals surface area contributed by atoms with Crippen molar-refractivity contribution in [3.05, 3.63) is 47.0 Å². The van der Waals surface area contributed by atoms with E-state index in [2.05, 4.69) is 15.3 Å². The van der Waals surface area contributed by atoms with Crippen molar-refractivity contribution in [3.8, 4) is 0 Å². The van der Waals surface area contributed by atoms with E-state index in [4.69, 9.17) is 23.1 Å². The maximum Gasteiger partial charge on any atom is 0.250 e. The molecule has 0 spiro atoms. The Kier molecular flexibility index (Phi) is 3.82. The fourth-order valence-corrected chi connectivity index (χ4v) is 1.90. The molecule has 0 aliphatic rings. The second kappa shape index (κ2) is 5.53. The summed E-state index contributed by atoms with van der Waals surface area (Å²) in [5, 5.41) is 3.36. The normalized spacial score (nSPS) is 10.2. The summed E-state index contributed by atoms with van der Waals surface area (Å²) in [5.74, 6) is -0.598. The molecule has 0 atom stereocenters. The van der Waals surface area contributed by atoms with Gasteiger partial charge in [0.25, 0.3) is 5.91 Å². The van der Waals surface area contributed by atoms with E-state index in [9.17, 15) is 4.79 Å². The zero-order valence-corrected chi connectivity index (χ0v) is 10.7. The van der Waals surface area contributed by atoms with Crippen LogP contribution in [-0.2, 0) is 6.54 Å². The van der Waals surface area contributed by atoms with Crippen LogP contribution in [0.4, 0.5) is 11.4 Å². The van der Waals surface area contributed by atoms with Crippen molar-refractivity contribution >= 4 is 28.9 Å². The number of carbonyl (C=O) groups is 1. The number of nitrogens with one attached hydrogen (secondary N) is 1. The predicted molar refractivity (Wildman–Crippen MR) is 73.7 cm³/mol. The van der Waals surface area contributed by atoms with Crippen LogP contribution in [-0.4, -0.2) is 15.9 Å². The first-order valence-electron chi connectivity index (χ1n) is 5.45. The Bertz CT molecular complexity index is 603. The van der Waals surface area contributed by atoms with Crippen LogP contribution in [0.5, 0.6) is 0 Å². The van der Waals surface area contributed by atoms with Gasteiger partial charge in [0.2, 0.25) is 0 Å². The fourth-order valence-electron chi connectivity index (χ4n) is 1.60. The minimum absolute atomic E-state index is 0.249. The highest BCUT2D eigenvalue weighted by atomic mass is 35.5. The van der Waals surface area contributed by atoms with Crippen LogP contribution < -0.4 is 16.8 Å². The predicted octanol–water partition coefficient (Wildman–Crippen LogP) is 1.42. The molecule has 0 saturated carbocycles. The number of aromatic nitrogens is 2. The topological polar surface area (TPSA) is 107 Å². The first kappa shape index (κ1) is 13.1. The molecule has 2 aromatic rings. The molecule has 1 heterocycles. The molecule has 0 bridgehead atoms. The van der Waals surface area contributed by atoms with Gasteiger partial charge < -0.3 is 16.8 Å². The number of hydrogen-bond acceptors (Lipinski definition) is 5. The number of anilines is 2. The molecule has 1 amide bonds. The zero-order valence-electron chi connectivity index (χ0n) is 9.93. The van der Waals surface area contributed by atoms with Gasteiger partial charge >= 0.3 is 0 Å². The fraction of sp³-hybridized carbons (Fsp3) is 0.0833. The Morgan fingerprint density at radius 1 is 1.42 bits per heavy atom. The molecule has 6 nitrogen and oxygen atoms in total. The molecular weight excluding hydrogens is 266 g/mol. The second-order valence-electron chi connectivity index (χ2n) is 3.84. The van der Waals surface area contributed by atoms with Crippen LogP contribution in [0.25, 0.3) is 0 Å². The number of nitrogens with zero attached hydrogens (tertiary/aromatic N) is 2. The molecule has 0 unspecified atom stereocenters. The van der Waals surface area contributed by atoms with Gasteiger partial charge in [0, 0.05) is 11.9 Å². The van der Waals surface area contributed by atoms with E-state index < -0.39 is 5.91 Å². The van der Waals surface area contributed by atoms with E-state index in [0.717, 1.165) is 5.69 Å². The maximum absolute atomic E-state index is 11.4. The molecule has 0 radical (unpaired) electrons. The summed E-state index contributed by atoms with van der Waals surface area (Å²) >= 11 is 6.06. The number of primary amides is 1. The van der Waals surface area contributed by atoms with Crippen molar-refractivity contribution in [3.63, 3.8) is 0 Å². The van der Waals surface area contributed by atoms with Gasteiger partial charge in [0.1, 0.15) is 6.33 Å². The van der Waals surface area contributed by atoms with Crippen molar-refractivity contribution in [1.82, 2.24) is 9.97 Å². The lowest BCUT2D eigenvalue weighted by Gasteiger charge is -2.12. The van der Waals surface area contributed by atoms with E-state index >= 15 is 0 Å². The largest absolute Gasteiger partial charge is 0.399 e. The number of hydrogen-bond donors (Lipinski definition) is 3. The van der Waals surface area contributed by atoms with Crippen LogP contribution in [0.2, 0.25) is 5.02 Å². The van der Waals surface area contributed by atoms with Crippen molar-refractivity contribution in [2.24, 2.45) is 5.73 Å².